The van der Waals surface area contributed by atoms with E-state index in [9.17, 15) is 22.8 Å². The number of nitrogens with one attached hydrogen (secondary N) is 2. The summed E-state index contributed by atoms with van der Waals surface area (Å²) >= 11 is 6.15. The van der Waals surface area contributed by atoms with Crippen LogP contribution in [0.1, 0.15) is 26.2 Å². The first-order valence-electron chi connectivity index (χ1n) is 13.7. The first kappa shape index (κ1) is 29.1. The molecular formula is C27H34ClN7O5S. The van der Waals surface area contributed by atoms with Gasteiger partial charge >= 0.3 is 0 Å². The molecule has 2 saturated heterocycles. The Labute approximate surface area is 243 Å². The van der Waals surface area contributed by atoms with Crippen LogP contribution in [0.2, 0.25) is 5.02 Å². The Bertz CT molecular complexity index is 1610. The highest BCUT2D eigenvalue weighted by Gasteiger charge is 2.42. The number of rotatable bonds is 8. The maximum absolute atomic E-state index is 13.6. The van der Waals surface area contributed by atoms with Gasteiger partial charge in [-0.15, -0.1) is 0 Å². The van der Waals surface area contributed by atoms with Crippen molar-refractivity contribution in [1.29, 1.82) is 0 Å². The molecule has 2 aromatic heterocycles. The monoisotopic (exact) mass is 603 g/mol. The van der Waals surface area contributed by atoms with Crippen LogP contribution in [0, 0.1) is 5.92 Å². The summed E-state index contributed by atoms with van der Waals surface area (Å²) in [6.07, 6.45) is 3.82. The van der Waals surface area contributed by atoms with Crippen LogP contribution in [-0.2, 0) is 26.7 Å². The van der Waals surface area contributed by atoms with Crippen LogP contribution in [0.5, 0.6) is 0 Å². The summed E-state index contributed by atoms with van der Waals surface area (Å²) in [5.41, 5.74) is 0.391. The fourth-order valence-corrected chi connectivity index (χ4v) is 7.08. The lowest BCUT2D eigenvalue weighted by Gasteiger charge is -2.42. The van der Waals surface area contributed by atoms with Gasteiger partial charge < -0.3 is 20.1 Å². The fourth-order valence-electron chi connectivity index (χ4n) is 5.44. The second-order valence-corrected chi connectivity index (χ2v) is 12.9. The van der Waals surface area contributed by atoms with E-state index in [1.807, 2.05) is 6.92 Å². The van der Waals surface area contributed by atoms with Gasteiger partial charge in [-0.1, -0.05) is 18.5 Å². The average Bonchev–Trinajstić information content (AvgIpc) is 3.34. The van der Waals surface area contributed by atoms with E-state index in [-0.39, 0.29) is 35.4 Å². The SMILES string of the molecule is CCCNC(=O)C1CN(S(=O)(=O)c2ccc3c(Cl)c[nH]c3c2)CC(=O)N1CC1CCN(c2ccc(=O)n(C)n2)CC1. The highest BCUT2D eigenvalue weighted by Crippen LogP contribution is 2.29. The Kier molecular flexibility index (Phi) is 8.39. The van der Waals surface area contributed by atoms with Crippen molar-refractivity contribution in [2.45, 2.75) is 37.1 Å². The minimum Gasteiger partial charge on any atom is -0.360 e. The molecule has 2 aliphatic heterocycles. The highest BCUT2D eigenvalue weighted by atomic mass is 35.5. The number of carbonyl (C=O) groups is 2. The van der Waals surface area contributed by atoms with Gasteiger partial charge in [0.1, 0.15) is 11.9 Å². The molecule has 41 heavy (non-hydrogen) atoms. The maximum Gasteiger partial charge on any atom is 0.266 e. The molecule has 0 saturated carbocycles. The van der Waals surface area contributed by atoms with E-state index in [1.165, 1.54) is 22.9 Å². The molecule has 14 heteroatoms. The van der Waals surface area contributed by atoms with Crippen molar-refractivity contribution in [2.24, 2.45) is 13.0 Å². The van der Waals surface area contributed by atoms with Crippen molar-refractivity contribution in [3.8, 4) is 0 Å². The Hall–Kier alpha value is -3.42. The van der Waals surface area contributed by atoms with Gasteiger partial charge in [-0.05, 0) is 49.4 Å². The van der Waals surface area contributed by atoms with Crippen LogP contribution in [0.3, 0.4) is 0 Å². The number of benzene rings is 1. The molecule has 0 bridgehead atoms. The molecule has 3 aromatic rings. The number of piperidine rings is 1. The molecule has 4 heterocycles. The zero-order valence-electron chi connectivity index (χ0n) is 23.0. The quantitative estimate of drug-likeness (QED) is 0.398. The number of aryl methyl sites for hydroxylation is 1. The van der Waals surface area contributed by atoms with Gasteiger partial charge in [-0.25, -0.2) is 13.1 Å². The number of halogens is 1. The molecule has 1 atom stereocenters. The Morgan fingerprint density at radius 1 is 1.17 bits per heavy atom. The number of hydrogen-bond donors (Lipinski definition) is 2. The zero-order chi connectivity index (χ0) is 29.3. The van der Waals surface area contributed by atoms with Crippen LogP contribution in [-0.4, -0.2) is 89.5 Å². The third-order valence-corrected chi connectivity index (χ3v) is 9.94. The normalized spacial score (nSPS) is 19.2. The van der Waals surface area contributed by atoms with Crippen LogP contribution in [0.4, 0.5) is 5.82 Å². The lowest BCUT2D eigenvalue weighted by molar-refractivity contribution is -0.145. The number of amides is 2. The smallest absolute Gasteiger partial charge is 0.266 e. The molecule has 2 amide bonds. The Morgan fingerprint density at radius 3 is 2.63 bits per heavy atom. The van der Waals surface area contributed by atoms with E-state index in [1.54, 1.807) is 30.3 Å². The summed E-state index contributed by atoms with van der Waals surface area (Å²) in [5, 5.41) is 8.36. The topological polar surface area (TPSA) is 141 Å². The second kappa shape index (κ2) is 11.8. The van der Waals surface area contributed by atoms with E-state index in [4.69, 9.17) is 11.6 Å². The van der Waals surface area contributed by atoms with Gasteiger partial charge in [-0.2, -0.15) is 9.40 Å². The maximum atomic E-state index is 13.6. The summed E-state index contributed by atoms with van der Waals surface area (Å²) in [4.78, 5) is 45.1. The van der Waals surface area contributed by atoms with Crippen molar-refractivity contribution in [1.82, 2.24) is 29.3 Å². The van der Waals surface area contributed by atoms with E-state index >= 15 is 0 Å². The summed E-state index contributed by atoms with van der Waals surface area (Å²) in [6.45, 7) is 3.62. The first-order valence-corrected chi connectivity index (χ1v) is 15.5. The molecule has 0 radical (unpaired) electrons. The molecule has 2 fully saturated rings. The van der Waals surface area contributed by atoms with E-state index < -0.39 is 22.0 Å². The number of H-pyrrole nitrogens is 1. The lowest BCUT2D eigenvalue weighted by Crippen LogP contribution is -2.63. The van der Waals surface area contributed by atoms with Gasteiger partial charge in [0, 0.05) is 62.9 Å². The van der Waals surface area contributed by atoms with Crippen molar-refractivity contribution in [3.05, 3.63) is 51.9 Å². The second-order valence-electron chi connectivity index (χ2n) is 10.6. The molecule has 5 rings (SSSR count). The largest absolute Gasteiger partial charge is 0.360 e. The molecule has 2 aliphatic rings. The molecule has 12 nitrogen and oxygen atoms in total. The van der Waals surface area contributed by atoms with Crippen LogP contribution in [0.15, 0.2) is 46.2 Å². The summed E-state index contributed by atoms with van der Waals surface area (Å²) in [5.74, 6) is 0.0886. The van der Waals surface area contributed by atoms with Crippen LogP contribution < -0.4 is 15.8 Å². The van der Waals surface area contributed by atoms with Crippen molar-refractivity contribution < 1.29 is 18.0 Å². The molecule has 1 unspecified atom stereocenters. The van der Waals surface area contributed by atoms with Crippen LogP contribution in [0.25, 0.3) is 10.9 Å². The third kappa shape index (κ3) is 5.97. The number of fused-ring (bicyclic) bond motifs is 1. The number of aromatic amines is 1. The van der Waals surface area contributed by atoms with Crippen molar-refractivity contribution >= 4 is 50.2 Å². The summed E-state index contributed by atoms with van der Waals surface area (Å²) in [7, 11) is -2.45. The van der Waals surface area contributed by atoms with Gasteiger partial charge in [0.15, 0.2) is 0 Å². The zero-order valence-corrected chi connectivity index (χ0v) is 24.6. The van der Waals surface area contributed by atoms with Crippen LogP contribution >= 0.6 is 11.6 Å². The molecule has 2 N–H and O–H groups in total. The van der Waals surface area contributed by atoms with E-state index in [0.717, 1.165) is 23.0 Å². The van der Waals surface area contributed by atoms with E-state index in [0.29, 0.717) is 48.5 Å². The van der Waals surface area contributed by atoms with Gasteiger partial charge in [-0.3, -0.25) is 14.4 Å². The molecule has 220 valence electrons. The number of sulfonamides is 1. The average molecular weight is 604 g/mol. The Balaban J connectivity index is 1.31. The minimum absolute atomic E-state index is 0.0249. The first-order chi connectivity index (χ1) is 19.6. The lowest BCUT2D eigenvalue weighted by atomic mass is 9.95. The number of carbonyl (C=O) groups excluding carboxylic acids is 2. The number of aromatic nitrogens is 3. The third-order valence-electron chi connectivity index (χ3n) is 7.82. The number of hydrogen-bond acceptors (Lipinski definition) is 7. The van der Waals surface area contributed by atoms with Gasteiger partial charge in [0.25, 0.3) is 5.56 Å². The number of nitrogens with zero attached hydrogens (tertiary/aromatic N) is 5. The summed E-state index contributed by atoms with van der Waals surface area (Å²) in [6, 6.07) is 6.85. The number of piperazine rings is 1. The predicted molar refractivity (Wildman–Crippen MR) is 155 cm³/mol. The number of anilines is 1. The molecule has 1 aromatic carbocycles. The Morgan fingerprint density at radius 2 is 1.93 bits per heavy atom. The molecule has 0 aliphatic carbocycles. The van der Waals surface area contributed by atoms with E-state index in [2.05, 4.69) is 20.3 Å². The predicted octanol–water partition coefficient (Wildman–Crippen LogP) is 1.56. The van der Waals surface area contributed by atoms with Crippen molar-refractivity contribution in [2.75, 3.05) is 44.2 Å². The van der Waals surface area contributed by atoms with Crippen molar-refractivity contribution in [3.63, 3.8) is 0 Å². The minimum atomic E-state index is -4.06. The van der Waals surface area contributed by atoms with Gasteiger partial charge in [0.2, 0.25) is 21.8 Å². The molecular weight excluding hydrogens is 570 g/mol. The standard InChI is InChI=1S/C27H34ClN7O5S/c1-3-10-29-27(38)23-16-34(41(39,40)19-4-5-20-21(28)14-30-22(20)13-19)17-26(37)35(23)15-18-8-11-33(12-9-18)24-6-7-25(36)32(2)31-24/h4-7,13-14,18,23,30H,3,8-12,15-17H2,1-2H3,(H,29,38). The molecule has 0 spiro atoms. The summed E-state index contributed by atoms with van der Waals surface area (Å²) < 4.78 is 29.6. The fraction of sp³-hybridized carbons (Fsp3) is 0.481. The van der Waals surface area contributed by atoms with Gasteiger partial charge in [0.05, 0.1) is 16.5 Å². The highest BCUT2D eigenvalue weighted by molar-refractivity contribution is 7.89.